The second kappa shape index (κ2) is 1.73. The second-order valence-electron chi connectivity index (χ2n) is 2.83. The fourth-order valence-corrected chi connectivity index (χ4v) is 1.65. The standard InChI is InChI=1S/C7H11O/c1-2-7-3-6(1)4-8-5-7/h3,6-7H,1-2,4-5H2. The molecule has 1 saturated carbocycles. The molecule has 2 bridgehead atoms. The van der Waals surface area contributed by atoms with Crippen LogP contribution in [0, 0.1) is 18.3 Å². The summed E-state index contributed by atoms with van der Waals surface area (Å²) < 4.78 is 5.33. The predicted molar refractivity (Wildman–Crippen MR) is 31.3 cm³/mol. The molecule has 0 N–H and O–H groups in total. The van der Waals surface area contributed by atoms with Crippen molar-refractivity contribution in [3.8, 4) is 0 Å². The van der Waals surface area contributed by atoms with E-state index in [1.54, 1.807) is 0 Å². The van der Waals surface area contributed by atoms with Crippen LogP contribution in [0.5, 0.6) is 0 Å². The van der Waals surface area contributed by atoms with Crippen LogP contribution in [-0.2, 0) is 4.74 Å². The summed E-state index contributed by atoms with van der Waals surface area (Å²) in [6.07, 6.45) is 5.22. The molecule has 0 aromatic carbocycles. The largest absolute Gasteiger partial charge is 0.381 e. The van der Waals surface area contributed by atoms with Crippen molar-refractivity contribution >= 4 is 0 Å². The average molecular weight is 111 g/mol. The minimum atomic E-state index is 0.814. The van der Waals surface area contributed by atoms with E-state index < -0.39 is 0 Å². The molecule has 0 spiro atoms. The van der Waals surface area contributed by atoms with E-state index in [-0.39, 0.29) is 0 Å². The van der Waals surface area contributed by atoms with Crippen molar-refractivity contribution in [3.63, 3.8) is 0 Å². The SMILES string of the molecule is [CH]1C2CCC1COC2. The van der Waals surface area contributed by atoms with Crippen molar-refractivity contribution in [3.05, 3.63) is 6.42 Å². The van der Waals surface area contributed by atoms with E-state index in [0.717, 1.165) is 25.0 Å². The molecule has 1 aliphatic carbocycles. The molecule has 45 valence electrons. The molecule has 2 fully saturated rings. The maximum absolute atomic E-state index is 5.33. The van der Waals surface area contributed by atoms with Crippen molar-refractivity contribution in [1.29, 1.82) is 0 Å². The molecule has 1 heteroatoms. The highest BCUT2D eigenvalue weighted by Crippen LogP contribution is 2.33. The highest BCUT2D eigenvalue weighted by molar-refractivity contribution is 4.93. The Labute approximate surface area is 50.0 Å². The fraction of sp³-hybridized carbons (Fsp3) is 0.857. The summed E-state index contributed by atoms with van der Waals surface area (Å²) in [6, 6.07) is 0. The van der Waals surface area contributed by atoms with Gasteiger partial charge in [-0.3, -0.25) is 0 Å². The lowest BCUT2D eigenvalue weighted by molar-refractivity contribution is 0.0760. The highest BCUT2D eigenvalue weighted by Gasteiger charge is 2.29. The minimum absolute atomic E-state index is 0.814. The van der Waals surface area contributed by atoms with Crippen molar-refractivity contribution in [1.82, 2.24) is 0 Å². The lowest BCUT2D eigenvalue weighted by Gasteiger charge is -2.17. The molecule has 1 radical (unpaired) electrons. The van der Waals surface area contributed by atoms with Crippen LogP contribution in [-0.4, -0.2) is 13.2 Å². The molecule has 2 rings (SSSR count). The van der Waals surface area contributed by atoms with Crippen LogP contribution in [0.3, 0.4) is 0 Å². The summed E-state index contributed by atoms with van der Waals surface area (Å²) in [7, 11) is 0. The Hall–Kier alpha value is -0.0400. The molecule has 8 heavy (non-hydrogen) atoms. The summed E-state index contributed by atoms with van der Waals surface area (Å²) in [6.45, 7) is 1.99. The normalized spacial score (nSPS) is 45.0. The monoisotopic (exact) mass is 111 g/mol. The molecular weight excluding hydrogens is 100 g/mol. The van der Waals surface area contributed by atoms with Crippen LogP contribution in [0.4, 0.5) is 0 Å². The molecule has 0 aromatic heterocycles. The van der Waals surface area contributed by atoms with Gasteiger partial charge in [0.15, 0.2) is 0 Å². The van der Waals surface area contributed by atoms with Crippen LogP contribution >= 0.6 is 0 Å². The molecule has 1 nitrogen and oxygen atoms in total. The van der Waals surface area contributed by atoms with E-state index in [1.165, 1.54) is 12.8 Å². The highest BCUT2D eigenvalue weighted by atomic mass is 16.5. The van der Waals surface area contributed by atoms with Crippen molar-refractivity contribution in [2.75, 3.05) is 13.2 Å². The van der Waals surface area contributed by atoms with E-state index in [9.17, 15) is 0 Å². The third kappa shape index (κ3) is 0.655. The molecule has 1 heterocycles. The summed E-state index contributed by atoms with van der Waals surface area (Å²) >= 11 is 0. The lowest BCUT2D eigenvalue weighted by atomic mass is 10.0. The molecule has 1 saturated heterocycles. The van der Waals surface area contributed by atoms with Gasteiger partial charge >= 0.3 is 0 Å². The summed E-state index contributed by atoms with van der Waals surface area (Å²) in [5, 5.41) is 0. The molecule has 0 aromatic rings. The van der Waals surface area contributed by atoms with Gasteiger partial charge < -0.3 is 4.74 Å². The third-order valence-electron chi connectivity index (χ3n) is 2.12. The van der Waals surface area contributed by atoms with Gasteiger partial charge in [-0.25, -0.2) is 0 Å². The van der Waals surface area contributed by atoms with Crippen LogP contribution in [0.15, 0.2) is 0 Å². The van der Waals surface area contributed by atoms with Gasteiger partial charge in [-0.05, 0) is 31.1 Å². The van der Waals surface area contributed by atoms with E-state index in [0.29, 0.717) is 0 Å². The number of hydrogen-bond acceptors (Lipinski definition) is 1. The Morgan fingerprint density at radius 2 is 1.75 bits per heavy atom. The predicted octanol–water partition coefficient (Wildman–Crippen LogP) is 1.25. The molecule has 2 aliphatic rings. The van der Waals surface area contributed by atoms with Gasteiger partial charge in [0, 0.05) is 13.2 Å². The number of rotatable bonds is 0. The van der Waals surface area contributed by atoms with E-state index in [1.807, 2.05) is 0 Å². The van der Waals surface area contributed by atoms with Crippen molar-refractivity contribution in [2.45, 2.75) is 12.8 Å². The Morgan fingerprint density at radius 1 is 1.12 bits per heavy atom. The molecule has 1 aliphatic heterocycles. The Kier molecular flexibility index (Phi) is 1.04. The zero-order chi connectivity index (χ0) is 5.40. The lowest BCUT2D eigenvalue weighted by Crippen LogP contribution is -2.17. The zero-order valence-electron chi connectivity index (χ0n) is 4.97. The Morgan fingerprint density at radius 3 is 2.25 bits per heavy atom. The fourth-order valence-electron chi connectivity index (χ4n) is 1.65. The Bertz CT molecular complexity index is 76.4. The first-order valence-corrected chi connectivity index (χ1v) is 3.38. The number of hydrogen-bond donors (Lipinski definition) is 0. The van der Waals surface area contributed by atoms with Crippen LogP contribution in [0.1, 0.15) is 12.8 Å². The Balaban J connectivity index is 2.03. The summed E-state index contributed by atoms with van der Waals surface area (Å²) in [5.74, 6) is 1.63. The van der Waals surface area contributed by atoms with Gasteiger partial charge in [-0.2, -0.15) is 0 Å². The summed E-state index contributed by atoms with van der Waals surface area (Å²) in [5.41, 5.74) is 0. The van der Waals surface area contributed by atoms with E-state index in [2.05, 4.69) is 6.42 Å². The summed E-state index contributed by atoms with van der Waals surface area (Å²) in [4.78, 5) is 0. The molecule has 2 atom stereocenters. The first kappa shape index (κ1) is 4.80. The third-order valence-corrected chi connectivity index (χ3v) is 2.12. The van der Waals surface area contributed by atoms with Crippen LogP contribution < -0.4 is 0 Å². The molecule has 0 amide bonds. The maximum Gasteiger partial charge on any atom is 0.0497 e. The first-order valence-electron chi connectivity index (χ1n) is 3.38. The quantitative estimate of drug-likeness (QED) is 0.457. The van der Waals surface area contributed by atoms with Gasteiger partial charge in [-0.15, -0.1) is 0 Å². The van der Waals surface area contributed by atoms with Crippen molar-refractivity contribution in [2.24, 2.45) is 11.8 Å². The van der Waals surface area contributed by atoms with Gasteiger partial charge in [0.1, 0.15) is 0 Å². The van der Waals surface area contributed by atoms with Gasteiger partial charge in [0.05, 0.1) is 0 Å². The molecular formula is C7H11O. The number of fused-ring (bicyclic) bond motifs is 2. The average Bonchev–Trinajstić information content (AvgIpc) is 2.12. The topological polar surface area (TPSA) is 9.23 Å². The van der Waals surface area contributed by atoms with E-state index in [4.69, 9.17) is 4.74 Å². The van der Waals surface area contributed by atoms with Crippen molar-refractivity contribution < 1.29 is 4.74 Å². The zero-order valence-corrected chi connectivity index (χ0v) is 4.97. The van der Waals surface area contributed by atoms with E-state index >= 15 is 0 Å². The second-order valence-corrected chi connectivity index (χ2v) is 2.83. The van der Waals surface area contributed by atoms with Crippen LogP contribution in [0.25, 0.3) is 0 Å². The van der Waals surface area contributed by atoms with Crippen LogP contribution in [0.2, 0.25) is 0 Å². The minimum Gasteiger partial charge on any atom is -0.381 e. The van der Waals surface area contributed by atoms with Gasteiger partial charge in [-0.1, -0.05) is 0 Å². The van der Waals surface area contributed by atoms with Gasteiger partial charge in [0.2, 0.25) is 0 Å². The number of ether oxygens (including phenoxy) is 1. The molecule has 2 unspecified atom stereocenters. The smallest absolute Gasteiger partial charge is 0.0497 e. The maximum atomic E-state index is 5.33. The van der Waals surface area contributed by atoms with Gasteiger partial charge in [0.25, 0.3) is 0 Å². The first-order chi connectivity index (χ1) is 3.95.